The number of rotatable bonds is 4. The van der Waals surface area contributed by atoms with Gasteiger partial charge in [-0.25, -0.2) is 4.79 Å². The molecule has 28 heavy (non-hydrogen) atoms. The predicted molar refractivity (Wildman–Crippen MR) is 102 cm³/mol. The molecule has 2 aliphatic heterocycles. The highest BCUT2D eigenvalue weighted by Crippen LogP contribution is 2.30. The molecule has 148 valence electrons. The number of cyclic esters (lactones) is 1. The Morgan fingerprint density at radius 1 is 1.29 bits per heavy atom. The molecule has 8 heteroatoms. The van der Waals surface area contributed by atoms with E-state index < -0.39 is 0 Å². The van der Waals surface area contributed by atoms with Crippen LogP contribution in [0, 0.1) is 0 Å². The summed E-state index contributed by atoms with van der Waals surface area (Å²) in [6.07, 6.45) is 6.58. The van der Waals surface area contributed by atoms with E-state index in [-0.39, 0.29) is 30.1 Å². The van der Waals surface area contributed by atoms with Crippen molar-refractivity contribution in [2.75, 3.05) is 19.7 Å². The molecule has 2 aromatic heterocycles. The Hall–Kier alpha value is -2.90. The van der Waals surface area contributed by atoms with Crippen molar-refractivity contribution < 1.29 is 14.3 Å². The first kappa shape index (κ1) is 18.5. The van der Waals surface area contributed by atoms with Crippen LogP contribution in [0.1, 0.15) is 26.7 Å². The van der Waals surface area contributed by atoms with Gasteiger partial charge in [0.05, 0.1) is 11.2 Å². The number of ether oxygens (including phenoxy) is 1. The number of carbonyl (C=O) groups is 2. The van der Waals surface area contributed by atoms with Gasteiger partial charge < -0.3 is 9.64 Å². The molecular weight excluding hydrogens is 358 g/mol. The van der Waals surface area contributed by atoms with Crippen LogP contribution in [0.25, 0.3) is 11.3 Å². The highest BCUT2D eigenvalue weighted by atomic mass is 16.6. The third kappa shape index (κ3) is 3.58. The fourth-order valence-electron chi connectivity index (χ4n) is 4.00. The topological polar surface area (TPSA) is 80.6 Å². The summed E-state index contributed by atoms with van der Waals surface area (Å²) in [5.41, 5.74) is 1.44. The van der Waals surface area contributed by atoms with Gasteiger partial charge in [0.25, 0.3) is 0 Å². The number of hydrogen-bond donors (Lipinski definition) is 0. The number of likely N-dealkylation sites (tertiary alicyclic amines) is 1. The van der Waals surface area contributed by atoms with Crippen molar-refractivity contribution in [2.45, 2.75) is 44.8 Å². The maximum absolute atomic E-state index is 12.7. The van der Waals surface area contributed by atoms with Gasteiger partial charge in [0.2, 0.25) is 5.91 Å². The van der Waals surface area contributed by atoms with Gasteiger partial charge in [-0.2, -0.15) is 5.10 Å². The van der Waals surface area contributed by atoms with Gasteiger partial charge in [0, 0.05) is 43.3 Å². The summed E-state index contributed by atoms with van der Waals surface area (Å²) in [7, 11) is 0. The molecule has 0 atom stereocenters. The molecule has 2 saturated heterocycles. The highest BCUT2D eigenvalue weighted by molar-refractivity contribution is 5.76. The summed E-state index contributed by atoms with van der Waals surface area (Å²) in [5, 5.41) is 4.48. The second kappa shape index (κ2) is 7.26. The van der Waals surface area contributed by atoms with E-state index in [1.807, 2.05) is 48.0 Å². The number of carbonyl (C=O) groups excluding carboxylic acids is 2. The van der Waals surface area contributed by atoms with Gasteiger partial charge >= 0.3 is 6.09 Å². The fraction of sp³-hybridized carbons (Fsp3) is 0.500. The quantitative estimate of drug-likeness (QED) is 0.808. The Labute approximate surface area is 164 Å². The number of piperidine rings is 1. The van der Waals surface area contributed by atoms with Crippen molar-refractivity contribution in [3.8, 4) is 11.3 Å². The molecule has 0 aliphatic carbocycles. The smallest absolute Gasteiger partial charge is 0.410 e. The molecule has 2 aliphatic rings. The molecule has 4 heterocycles. The molecule has 2 fully saturated rings. The number of aromatic nitrogens is 3. The number of amides is 2. The van der Waals surface area contributed by atoms with Crippen molar-refractivity contribution in [1.29, 1.82) is 0 Å². The average molecular weight is 383 g/mol. The maximum atomic E-state index is 12.7. The third-order valence-corrected chi connectivity index (χ3v) is 5.48. The van der Waals surface area contributed by atoms with E-state index in [4.69, 9.17) is 4.74 Å². The summed E-state index contributed by atoms with van der Waals surface area (Å²) < 4.78 is 6.88. The van der Waals surface area contributed by atoms with E-state index in [1.54, 1.807) is 17.1 Å². The molecule has 2 aromatic rings. The molecule has 0 spiro atoms. The number of nitrogens with zero attached hydrogens (tertiary/aromatic N) is 5. The van der Waals surface area contributed by atoms with Crippen molar-refractivity contribution in [3.63, 3.8) is 0 Å². The van der Waals surface area contributed by atoms with Gasteiger partial charge in [0.15, 0.2) is 0 Å². The van der Waals surface area contributed by atoms with Crippen molar-refractivity contribution in [3.05, 3.63) is 36.8 Å². The zero-order valence-corrected chi connectivity index (χ0v) is 16.2. The predicted octanol–water partition coefficient (Wildman–Crippen LogP) is 2.17. The van der Waals surface area contributed by atoms with Crippen LogP contribution in [0.15, 0.2) is 36.8 Å². The Balaban J connectivity index is 1.34. The van der Waals surface area contributed by atoms with Gasteiger partial charge in [-0.1, -0.05) is 0 Å². The normalized spacial score (nSPS) is 19.7. The minimum Gasteiger partial charge on any atom is -0.447 e. The zero-order valence-electron chi connectivity index (χ0n) is 16.2. The Morgan fingerprint density at radius 2 is 2.07 bits per heavy atom. The van der Waals surface area contributed by atoms with Crippen LogP contribution in [0.4, 0.5) is 4.79 Å². The van der Waals surface area contributed by atoms with Gasteiger partial charge in [-0.05, 0) is 44.9 Å². The summed E-state index contributed by atoms with van der Waals surface area (Å²) in [6.45, 7) is 5.95. The lowest BCUT2D eigenvalue weighted by Gasteiger charge is -2.40. The van der Waals surface area contributed by atoms with Crippen LogP contribution in [-0.2, 0) is 16.1 Å². The minimum atomic E-state index is -0.286. The Kier molecular flexibility index (Phi) is 4.78. The summed E-state index contributed by atoms with van der Waals surface area (Å²) in [5.74, 6) is 0.0440. The standard InChI is InChI=1S/C20H25N5O3/c1-20(2)14-28-19(27)25(20)16-5-9-23(10-6-16)18(26)13-24-11-7-17(22-24)15-4-3-8-21-12-15/h3-4,7-8,11-12,16H,5-6,9-10,13-14H2,1-2H3. The second-order valence-electron chi connectivity index (χ2n) is 7.99. The summed E-state index contributed by atoms with van der Waals surface area (Å²) in [6, 6.07) is 5.81. The average Bonchev–Trinajstić information content (AvgIpc) is 3.26. The van der Waals surface area contributed by atoms with Gasteiger partial charge in [-0.15, -0.1) is 0 Å². The van der Waals surface area contributed by atoms with Crippen LogP contribution in [0.2, 0.25) is 0 Å². The zero-order chi connectivity index (χ0) is 19.7. The van der Waals surface area contributed by atoms with Crippen LogP contribution in [-0.4, -0.2) is 67.8 Å². The first-order chi connectivity index (χ1) is 13.4. The SMILES string of the molecule is CC1(C)COC(=O)N1C1CCN(C(=O)Cn2ccc(-c3cccnc3)n2)CC1. The maximum Gasteiger partial charge on any atom is 0.410 e. The lowest BCUT2D eigenvalue weighted by atomic mass is 9.97. The monoisotopic (exact) mass is 383 g/mol. The Morgan fingerprint density at radius 3 is 2.71 bits per heavy atom. The second-order valence-corrected chi connectivity index (χ2v) is 7.99. The molecular formula is C20H25N5O3. The Bertz CT molecular complexity index is 856. The molecule has 0 bridgehead atoms. The largest absolute Gasteiger partial charge is 0.447 e. The molecule has 8 nitrogen and oxygen atoms in total. The lowest BCUT2D eigenvalue weighted by Crippen LogP contribution is -2.53. The van der Waals surface area contributed by atoms with E-state index in [9.17, 15) is 9.59 Å². The van der Waals surface area contributed by atoms with Crippen molar-refractivity contribution >= 4 is 12.0 Å². The van der Waals surface area contributed by atoms with E-state index in [2.05, 4.69) is 10.1 Å². The van der Waals surface area contributed by atoms with E-state index >= 15 is 0 Å². The van der Waals surface area contributed by atoms with Gasteiger partial charge in [0.1, 0.15) is 13.2 Å². The third-order valence-electron chi connectivity index (χ3n) is 5.48. The van der Waals surface area contributed by atoms with Crippen LogP contribution >= 0.6 is 0 Å². The van der Waals surface area contributed by atoms with Crippen LogP contribution in [0.5, 0.6) is 0 Å². The molecule has 2 amide bonds. The first-order valence-corrected chi connectivity index (χ1v) is 9.62. The van der Waals surface area contributed by atoms with Crippen LogP contribution < -0.4 is 0 Å². The van der Waals surface area contributed by atoms with Gasteiger partial charge in [-0.3, -0.25) is 19.4 Å². The molecule has 0 unspecified atom stereocenters. The highest BCUT2D eigenvalue weighted by Gasteiger charge is 2.44. The van der Waals surface area contributed by atoms with E-state index in [0.29, 0.717) is 19.7 Å². The minimum absolute atomic E-state index is 0.0440. The molecule has 0 saturated carbocycles. The summed E-state index contributed by atoms with van der Waals surface area (Å²) >= 11 is 0. The van der Waals surface area contributed by atoms with E-state index in [1.165, 1.54) is 0 Å². The number of hydrogen-bond acceptors (Lipinski definition) is 5. The van der Waals surface area contributed by atoms with Crippen molar-refractivity contribution in [2.24, 2.45) is 0 Å². The first-order valence-electron chi connectivity index (χ1n) is 9.62. The molecule has 4 rings (SSSR count). The fourth-order valence-corrected chi connectivity index (χ4v) is 4.00. The molecule has 0 N–H and O–H groups in total. The molecule has 0 radical (unpaired) electrons. The summed E-state index contributed by atoms with van der Waals surface area (Å²) in [4.78, 5) is 32.6. The van der Waals surface area contributed by atoms with E-state index in [0.717, 1.165) is 24.1 Å². The van der Waals surface area contributed by atoms with Crippen molar-refractivity contribution in [1.82, 2.24) is 24.6 Å². The lowest BCUT2D eigenvalue weighted by molar-refractivity contribution is -0.133. The molecule has 0 aromatic carbocycles. The number of pyridine rings is 1. The van der Waals surface area contributed by atoms with Crippen LogP contribution in [0.3, 0.4) is 0 Å².